The van der Waals surface area contributed by atoms with Gasteiger partial charge in [-0.2, -0.15) is 0 Å². The van der Waals surface area contributed by atoms with E-state index in [1.807, 2.05) is 6.92 Å². The first-order chi connectivity index (χ1) is 9.95. The standard InChI is InChI=1S/C16H16N2O3/c1-10-8-15(18-12(3)17-10)9-21-16(20)14-6-4-13(5-7-14)11(2)19/h4-8H,9H2,1-3H3. The van der Waals surface area contributed by atoms with Gasteiger partial charge in [0.05, 0.1) is 11.3 Å². The van der Waals surface area contributed by atoms with Gasteiger partial charge in [0.15, 0.2) is 5.78 Å². The van der Waals surface area contributed by atoms with Crippen LogP contribution in [0.25, 0.3) is 0 Å². The maximum absolute atomic E-state index is 11.9. The number of carbonyl (C=O) groups excluding carboxylic acids is 2. The SMILES string of the molecule is CC(=O)c1ccc(C(=O)OCc2cc(C)nc(C)n2)cc1. The van der Waals surface area contributed by atoms with E-state index in [9.17, 15) is 9.59 Å². The molecule has 0 atom stereocenters. The van der Waals surface area contributed by atoms with Crippen LogP contribution in [-0.4, -0.2) is 21.7 Å². The van der Waals surface area contributed by atoms with Gasteiger partial charge in [-0.15, -0.1) is 0 Å². The molecule has 0 spiro atoms. The molecule has 2 aromatic rings. The minimum Gasteiger partial charge on any atom is -0.456 e. The van der Waals surface area contributed by atoms with Crippen molar-refractivity contribution in [3.05, 3.63) is 58.7 Å². The fourth-order valence-corrected chi connectivity index (χ4v) is 1.93. The van der Waals surface area contributed by atoms with E-state index in [4.69, 9.17) is 4.74 Å². The number of rotatable bonds is 4. The Bertz CT molecular complexity index is 658. The lowest BCUT2D eigenvalue weighted by atomic mass is 10.1. The number of aryl methyl sites for hydroxylation is 2. The van der Waals surface area contributed by atoms with E-state index in [1.54, 1.807) is 37.3 Å². The number of Topliss-reactive ketones (excluding diaryl/α,β-unsaturated/α-hetero) is 1. The quantitative estimate of drug-likeness (QED) is 0.637. The lowest BCUT2D eigenvalue weighted by Crippen LogP contribution is -2.07. The van der Waals surface area contributed by atoms with Crippen molar-refractivity contribution >= 4 is 11.8 Å². The Labute approximate surface area is 123 Å². The molecule has 2 rings (SSSR count). The summed E-state index contributed by atoms with van der Waals surface area (Å²) < 4.78 is 5.21. The third-order valence-corrected chi connectivity index (χ3v) is 2.90. The summed E-state index contributed by atoms with van der Waals surface area (Å²) in [7, 11) is 0. The molecule has 0 saturated carbocycles. The third-order valence-electron chi connectivity index (χ3n) is 2.90. The van der Waals surface area contributed by atoms with Crippen molar-refractivity contribution in [2.75, 3.05) is 0 Å². The van der Waals surface area contributed by atoms with Crippen LogP contribution >= 0.6 is 0 Å². The molecule has 0 fully saturated rings. The smallest absolute Gasteiger partial charge is 0.338 e. The Balaban J connectivity index is 2.02. The summed E-state index contributed by atoms with van der Waals surface area (Å²) in [6.07, 6.45) is 0. The van der Waals surface area contributed by atoms with Gasteiger partial charge in [0.1, 0.15) is 12.4 Å². The van der Waals surface area contributed by atoms with Gasteiger partial charge in [-0.1, -0.05) is 12.1 Å². The zero-order valence-electron chi connectivity index (χ0n) is 12.2. The van der Waals surface area contributed by atoms with E-state index in [0.717, 1.165) is 5.69 Å². The lowest BCUT2D eigenvalue weighted by molar-refractivity contribution is 0.0467. The number of ketones is 1. The predicted octanol–water partition coefficient (Wildman–Crippen LogP) is 2.65. The first-order valence-electron chi connectivity index (χ1n) is 6.55. The van der Waals surface area contributed by atoms with Crippen LogP contribution in [-0.2, 0) is 11.3 Å². The summed E-state index contributed by atoms with van der Waals surface area (Å²) in [5.74, 6) is 0.160. The molecule has 0 aliphatic heterocycles. The molecule has 1 aromatic carbocycles. The molecule has 21 heavy (non-hydrogen) atoms. The Kier molecular flexibility index (Phi) is 4.42. The summed E-state index contributed by atoms with van der Waals surface area (Å²) in [4.78, 5) is 31.5. The van der Waals surface area contributed by atoms with Gasteiger partial charge in [0, 0.05) is 11.3 Å². The highest BCUT2D eigenvalue weighted by Gasteiger charge is 2.09. The molecule has 1 aromatic heterocycles. The van der Waals surface area contributed by atoms with E-state index in [2.05, 4.69) is 9.97 Å². The van der Waals surface area contributed by atoms with Crippen molar-refractivity contribution in [2.24, 2.45) is 0 Å². The number of ether oxygens (including phenoxy) is 1. The molecule has 5 nitrogen and oxygen atoms in total. The molecule has 0 N–H and O–H groups in total. The van der Waals surface area contributed by atoms with Crippen molar-refractivity contribution in [1.29, 1.82) is 0 Å². The highest BCUT2D eigenvalue weighted by molar-refractivity contribution is 5.96. The topological polar surface area (TPSA) is 69.2 Å². The summed E-state index contributed by atoms with van der Waals surface area (Å²) in [5, 5.41) is 0. The monoisotopic (exact) mass is 284 g/mol. The average molecular weight is 284 g/mol. The fourth-order valence-electron chi connectivity index (χ4n) is 1.93. The van der Waals surface area contributed by atoms with Gasteiger partial charge in [-0.05, 0) is 39.0 Å². The molecule has 108 valence electrons. The van der Waals surface area contributed by atoms with Crippen LogP contribution in [0, 0.1) is 13.8 Å². The van der Waals surface area contributed by atoms with E-state index >= 15 is 0 Å². The molecule has 1 heterocycles. The number of hydrogen-bond donors (Lipinski definition) is 0. The predicted molar refractivity (Wildman–Crippen MR) is 77.1 cm³/mol. The van der Waals surface area contributed by atoms with Crippen molar-refractivity contribution in [1.82, 2.24) is 9.97 Å². The van der Waals surface area contributed by atoms with Gasteiger partial charge in [-0.3, -0.25) is 4.79 Å². The zero-order valence-corrected chi connectivity index (χ0v) is 12.2. The Morgan fingerprint density at radius 3 is 2.24 bits per heavy atom. The molecule has 0 amide bonds. The van der Waals surface area contributed by atoms with Crippen LogP contribution in [0.4, 0.5) is 0 Å². The van der Waals surface area contributed by atoms with Crippen LogP contribution in [0.15, 0.2) is 30.3 Å². The molecular weight excluding hydrogens is 268 g/mol. The zero-order chi connectivity index (χ0) is 15.4. The third kappa shape index (κ3) is 3.95. The molecule has 0 aliphatic carbocycles. The normalized spacial score (nSPS) is 10.2. The van der Waals surface area contributed by atoms with Crippen LogP contribution in [0.3, 0.4) is 0 Å². The Morgan fingerprint density at radius 2 is 1.67 bits per heavy atom. The van der Waals surface area contributed by atoms with Gasteiger partial charge >= 0.3 is 5.97 Å². The lowest BCUT2D eigenvalue weighted by Gasteiger charge is -2.06. The van der Waals surface area contributed by atoms with Crippen LogP contribution in [0.1, 0.15) is 44.9 Å². The molecule has 5 heteroatoms. The van der Waals surface area contributed by atoms with Crippen molar-refractivity contribution < 1.29 is 14.3 Å². The molecule has 0 radical (unpaired) electrons. The fraction of sp³-hybridized carbons (Fsp3) is 0.250. The van der Waals surface area contributed by atoms with Gasteiger partial charge in [0.2, 0.25) is 0 Å². The van der Waals surface area contributed by atoms with Crippen LogP contribution in [0.5, 0.6) is 0 Å². The number of carbonyl (C=O) groups is 2. The average Bonchev–Trinajstić information content (AvgIpc) is 2.44. The van der Waals surface area contributed by atoms with Gasteiger partial charge in [-0.25, -0.2) is 14.8 Å². The first-order valence-corrected chi connectivity index (χ1v) is 6.55. The van der Waals surface area contributed by atoms with Crippen LogP contribution < -0.4 is 0 Å². The molecule has 0 bridgehead atoms. The summed E-state index contributed by atoms with van der Waals surface area (Å²) in [6.45, 7) is 5.23. The first kappa shape index (κ1) is 14.8. The molecule has 0 saturated heterocycles. The number of esters is 1. The van der Waals surface area contributed by atoms with Crippen molar-refractivity contribution in [2.45, 2.75) is 27.4 Å². The maximum atomic E-state index is 11.9. The second-order valence-corrected chi connectivity index (χ2v) is 4.76. The molecule has 0 aliphatic rings. The second-order valence-electron chi connectivity index (χ2n) is 4.76. The van der Waals surface area contributed by atoms with Crippen LogP contribution in [0.2, 0.25) is 0 Å². The van der Waals surface area contributed by atoms with E-state index in [0.29, 0.717) is 22.6 Å². The maximum Gasteiger partial charge on any atom is 0.338 e. The summed E-state index contributed by atoms with van der Waals surface area (Å²) in [6, 6.07) is 8.15. The van der Waals surface area contributed by atoms with E-state index in [-0.39, 0.29) is 12.4 Å². The summed E-state index contributed by atoms with van der Waals surface area (Å²) in [5.41, 5.74) is 2.46. The van der Waals surface area contributed by atoms with Crippen molar-refractivity contribution in [3.63, 3.8) is 0 Å². The molecular formula is C16H16N2O3. The summed E-state index contributed by atoms with van der Waals surface area (Å²) >= 11 is 0. The minimum atomic E-state index is -0.445. The number of benzene rings is 1. The largest absolute Gasteiger partial charge is 0.456 e. The van der Waals surface area contributed by atoms with Crippen molar-refractivity contribution in [3.8, 4) is 0 Å². The number of aromatic nitrogens is 2. The second kappa shape index (κ2) is 6.26. The number of hydrogen-bond acceptors (Lipinski definition) is 5. The van der Waals surface area contributed by atoms with Gasteiger partial charge in [0.25, 0.3) is 0 Å². The highest BCUT2D eigenvalue weighted by atomic mass is 16.5. The minimum absolute atomic E-state index is 0.0400. The van der Waals surface area contributed by atoms with Gasteiger partial charge < -0.3 is 4.74 Å². The van der Waals surface area contributed by atoms with E-state index in [1.165, 1.54) is 6.92 Å². The number of nitrogens with zero attached hydrogens (tertiary/aromatic N) is 2. The highest BCUT2D eigenvalue weighted by Crippen LogP contribution is 2.09. The Morgan fingerprint density at radius 1 is 1.05 bits per heavy atom. The Hall–Kier alpha value is -2.56. The molecule has 0 unspecified atom stereocenters. The van der Waals surface area contributed by atoms with E-state index < -0.39 is 5.97 Å².